The smallest absolute Gasteiger partial charge is 0.336 e. The van der Waals surface area contributed by atoms with E-state index in [0.29, 0.717) is 16.7 Å². The van der Waals surface area contributed by atoms with Crippen molar-refractivity contribution in [3.05, 3.63) is 45.2 Å². The second kappa shape index (κ2) is 4.14. The Bertz CT molecular complexity index is 749. The second-order valence-electron chi connectivity index (χ2n) is 5.35. The molecule has 1 aromatic heterocycles. The van der Waals surface area contributed by atoms with Crippen LogP contribution >= 0.6 is 0 Å². The Hall–Kier alpha value is -2.21. The monoisotopic (exact) mass is 275 g/mol. The van der Waals surface area contributed by atoms with Gasteiger partial charge in [0.1, 0.15) is 23.0 Å². The van der Waals surface area contributed by atoms with Crippen molar-refractivity contribution >= 4 is 11.0 Å². The fourth-order valence-corrected chi connectivity index (χ4v) is 2.50. The average molecular weight is 275 g/mol. The third kappa shape index (κ3) is 1.72. The Morgan fingerprint density at radius 1 is 1.25 bits per heavy atom. The lowest BCUT2D eigenvalue weighted by Gasteiger charge is -2.39. The molecule has 104 valence electrons. The van der Waals surface area contributed by atoms with Gasteiger partial charge in [0, 0.05) is 11.5 Å². The summed E-state index contributed by atoms with van der Waals surface area (Å²) < 4.78 is 10.9. The number of hydrogen-bond donors (Lipinski definition) is 1. The highest BCUT2D eigenvalue weighted by atomic mass is 16.5. The van der Waals surface area contributed by atoms with Gasteiger partial charge in [-0.2, -0.15) is 4.91 Å². The van der Waals surface area contributed by atoms with E-state index in [1.54, 1.807) is 32.0 Å². The highest BCUT2D eigenvalue weighted by Crippen LogP contribution is 2.44. The van der Waals surface area contributed by atoms with E-state index >= 15 is 0 Å². The molecule has 0 amide bonds. The van der Waals surface area contributed by atoms with Crippen LogP contribution < -0.4 is 10.4 Å². The quantitative estimate of drug-likeness (QED) is 0.636. The lowest BCUT2D eigenvalue weighted by atomic mass is 9.86. The van der Waals surface area contributed by atoms with E-state index in [1.165, 1.54) is 6.07 Å². The van der Waals surface area contributed by atoms with Crippen LogP contribution in [0.15, 0.2) is 38.7 Å². The predicted octanol–water partition coefficient (Wildman–Crippen LogP) is 2.13. The Labute approximate surface area is 114 Å². The number of hydrogen-bond acceptors (Lipinski definition) is 6. The molecule has 0 radical (unpaired) electrons. The molecule has 1 aliphatic rings. The van der Waals surface area contributed by atoms with Crippen molar-refractivity contribution in [3.8, 4) is 5.75 Å². The van der Waals surface area contributed by atoms with Crippen molar-refractivity contribution in [2.75, 3.05) is 0 Å². The summed E-state index contributed by atoms with van der Waals surface area (Å²) in [4.78, 5) is 22.6. The van der Waals surface area contributed by atoms with Crippen LogP contribution in [0.5, 0.6) is 5.75 Å². The number of nitrogens with zero attached hydrogens (tertiary/aromatic N) is 1. The molecule has 0 aliphatic carbocycles. The van der Waals surface area contributed by atoms with Crippen LogP contribution in [0.25, 0.3) is 11.0 Å². The van der Waals surface area contributed by atoms with Crippen molar-refractivity contribution in [2.24, 2.45) is 5.18 Å². The molecule has 0 spiro atoms. The van der Waals surface area contributed by atoms with Gasteiger partial charge in [-0.3, -0.25) is 0 Å². The first-order valence-electron chi connectivity index (χ1n) is 6.20. The topological polar surface area (TPSA) is 89.1 Å². The molecule has 20 heavy (non-hydrogen) atoms. The van der Waals surface area contributed by atoms with Crippen LogP contribution in [-0.4, -0.2) is 16.8 Å². The van der Waals surface area contributed by atoms with Gasteiger partial charge < -0.3 is 14.3 Å². The summed E-state index contributed by atoms with van der Waals surface area (Å²) in [7, 11) is 0. The van der Waals surface area contributed by atoms with Crippen molar-refractivity contribution in [1.82, 2.24) is 0 Å². The molecule has 0 saturated heterocycles. The number of nitroso groups, excluding NO2 is 1. The molecular weight excluding hydrogens is 262 g/mol. The number of benzene rings is 1. The van der Waals surface area contributed by atoms with Gasteiger partial charge in [0.05, 0.1) is 5.56 Å². The summed E-state index contributed by atoms with van der Waals surface area (Å²) in [5.74, 6) is 0.395. The molecule has 3 rings (SSSR count). The summed E-state index contributed by atoms with van der Waals surface area (Å²) in [6, 6.07) is 5.26. The maximum absolute atomic E-state index is 11.4. The summed E-state index contributed by atoms with van der Waals surface area (Å²) in [6.07, 6.45) is -1.12. The Morgan fingerprint density at radius 2 is 1.95 bits per heavy atom. The zero-order valence-corrected chi connectivity index (χ0v) is 11.0. The van der Waals surface area contributed by atoms with Gasteiger partial charge in [0.25, 0.3) is 0 Å². The molecule has 1 aromatic carbocycles. The van der Waals surface area contributed by atoms with Crippen molar-refractivity contribution in [2.45, 2.75) is 31.6 Å². The summed E-state index contributed by atoms with van der Waals surface area (Å²) >= 11 is 0. The largest absolute Gasteiger partial charge is 0.485 e. The van der Waals surface area contributed by atoms with Gasteiger partial charge in [-0.1, -0.05) is 5.18 Å². The predicted molar refractivity (Wildman–Crippen MR) is 71.7 cm³/mol. The van der Waals surface area contributed by atoms with E-state index in [2.05, 4.69) is 5.18 Å². The zero-order chi connectivity index (χ0) is 14.5. The van der Waals surface area contributed by atoms with Gasteiger partial charge in [-0.05, 0) is 32.0 Å². The van der Waals surface area contributed by atoms with Gasteiger partial charge in [0.15, 0.2) is 6.04 Å². The van der Waals surface area contributed by atoms with Gasteiger partial charge >= 0.3 is 5.63 Å². The van der Waals surface area contributed by atoms with Crippen molar-refractivity contribution in [3.63, 3.8) is 0 Å². The molecule has 1 N–H and O–H groups in total. The first-order chi connectivity index (χ1) is 9.44. The number of aliphatic hydroxyl groups excluding tert-OH is 1. The van der Waals surface area contributed by atoms with E-state index in [0.717, 1.165) is 0 Å². The lowest BCUT2D eigenvalue weighted by Crippen LogP contribution is -2.48. The number of aliphatic hydroxyl groups is 1. The minimum atomic E-state index is -1.12. The maximum atomic E-state index is 11.4. The molecule has 0 fully saturated rings. The van der Waals surface area contributed by atoms with E-state index in [-0.39, 0.29) is 5.58 Å². The molecule has 2 aromatic rings. The summed E-state index contributed by atoms with van der Waals surface area (Å²) in [5.41, 5.74) is -0.931. The van der Waals surface area contributed by atoms with Crippen molar-refractivity contribution < 1.29 is 14.3 Å². The number of fused-ring (bicyclic) bond motifs is 3. The van der Waals surface area contributed by atoms with Crippen molar-refractivity contribution in [1.29, 1.82) is 0 Å². The van der Waals surface area contributed by atoms with E-state index in [1.807, 2.05) is 0 Å². The van der Waals surface area contributed by atoms with E-state index < -0.39 is 23.4 Å². The molecule has 2 heterocycles. The normalized spacial score (nSPS) is 23.9. The molecule has 2 unspecified atom stereocenters. The minimum absolute atomic E-state index is 0.231. The van der Waals surface area contributed by atoms with Gasteiger partial charge in [-0.15, -0.1) is 0 Å². The molecule has 1 aliphatic heterocycles. The molecule has 0 saturated carbocycles. The van der Waals surface area contributed by atoms with Crippen LogP contribution in [-0.2, 0) is 0 Å². The maximum Gasteiger partial charge on any atom is 0.336 e. The molecule has 6 nitrogen and oxygen atoms in total. The number of ether oxygens (including phenoxy) is 1. The highest BCUT2D eigenvalue weighted by Gasteiger charge is 2.45. The van der Waals surface area contributed by atoms with E-state index in [4.69, 9.17) is 9.15 Å². The lowest BCUT2D eigenvalue weighted by molar-refractivity contribution is -0.0567. The third-order valence-electron chi connectivity index (χ3n) is 3.58. The SMILES string of the molecule is CC1(C)Oc2ccc3ccc(=O)oc3c2C(N=O)C1O. The van der Waals surface area contributed by atoms with Crippen LogP contribution in [0, 0.1) is 4.91 Å². The van der Waals surface area contributed by atoms with Crippen LogP contribution in [0.1, 0.15) is 25.5 Å². The third-order valence-corrected chi connectivity index (χ3v) is 3.58. The first kappa shape index (κ1) is 12.8. The Morgan fingerprint density at radius 3 is 2.65 bits per heavy atom. The Balaban J connectivity index is 2.36. The number of rotatable bonds is 1. The minimum Gasteiger partial charge on any atom is -0.485 e. The summed E-state index contributed by atoms with van der Waals surface area (Å²) in [6.45, 7) is 3.34. The van der Waals surface area contributed by atoms with Crippen LogP contribution in [0.3, 0.4) is 0 Å². The molecule has 0 bridgehead atoms. The Kier molecular flexibility index (Phi) is 2.65. The molecule has 2 atom stereocenters. The molecule has 6 heteroatoms. The summed E-state index contributed by atoms with van der Waals surface area (Å²) in [5, 5.41) is 13.9. The van der Waals surface area contributed by atoms with Crippen LogP contribution in [0.4, 0.5) is 0 Å². The van der Waals surface area contributed by atoms with Gasteiger partial charge in [0.2, 0.25) is 0 Å². The zero-order valence-electron chi connectivity index (χ0n) is 11.0. The second-order valence-corrected chi connectivity index (χ2v) is 5.35. The standard InChI is InChI=1S/C14H13NO5/c1-14(2)13(17)11(15-18)10-8(20-14)5-3-7-4-6-9(16)19-12(7)10/h3-6,11,13,17H,1-2H3. The average Bonchev–Trinajstić information content (AvgIpc) is 2.40. The highest BCUT2D eigenvalue weighted by molar-refractivity contribution is 5.83. The molecular formula is C14H13NO5. The first-order valence-corrected chi connectivity index (χ1v) is 6.20. The van der Waals surface area contributed by atoms with Gasteiger partial charge in [-0.25, -0.2) is 4.79 Å². The fraction of sp³-hybridized carbons (Fsp3) is 0.357. The van der Waals surface area contributed by atoms with Crippen LogP contribution in [0.2, 0.25) is 0 Å². The van der Waals surface area contributed by atoms with E-state index in [9.17, 15) is 14.8 Å². The fourth-order valence-electron chi connectivity index (χ4n) is 2.50.